The summed E-state index contributed by atoms with van der Waals surface area (Å²) in [5.74, 6) is 2.86. The number of hydrogen-bond acceptors (Lipinski definition) is 3. The van der Waals surface area contributed by atoms with Gasteiger partial charge in [0, 0.05) is 10.0 Å². The van der Waals surface area contributed by atoms with Crippen molar-refractivity contribution in [3.05, 3.63) is 57.8 Å². The van der Waals surface area contributed by atoms with Crippen LogP contribution in [0.25, 0.3) is 11.6 Å². The summed E-state index contributed by atoms with van der Waals surface area (Å²) in [6.07, 6.45) is 6.77. The molecule has 0 amide bonds. The minimum Gasteiger partial charge on any atom is -0.493 e. The Morgan fingerprint density at radius 3 is 2.71 bits per heavy atom. The molecule has 0 radical (unpaired) electrons. The zero-order valence-corrected chi connectivity index (χ0v) is 14.4. The lowest BCUT2D eigenvalue weighted by atomic mass is 10.0. The Bertz CT molecular complexity index is 863. The second-order valence-electron chi connectivity index (χ2n) is 4.67. The van der Waals surface area contributed by atoms with E-state index in [9.17, 15) is 9.65 Å². The summed E-state index contributed by atoms with van der Waals surface area (Å²) in [5, 5.41) is 9.37. The van der Waals surface area contributed by atoms with Gasteiger partial charge in [-0.15, -0.1) is 6.42 Å². The van der Waals surface area contributed by atoms with Crippen molar-refractivity contribution < 1.29 is 13.9 Å². The SMILES string of the molecule is C#CCOc1cc(Br)c(C=C(C#N)c2ccccc2F)cc1OC. The van der Waals surface area contributed by atoms with Gasteiger partial charge in [0.1, 0.15) is 12.4 Å². The zero-order valence-electron chi connectivity index (χ0n) is 12.8. The average molecular weight is 386 g/mol. The number of halogens is 2. The fourth-order valence-electron chi connectivity index (χ4n) is 2.06. The predicted octanol–water partition coefficient (Wildman–Crippen LogP) is 4.67. The van der Waals surface area contributed by atoms with Crippen LogP contribution in [-0.4, -0.2) is 13.7 Å². The molecule has 0 heterocycles. The molecule has 5 heteroatoms. The van der Waals surface area contributed by atoms with E-state index in [-0.39, 0.29) is 17.7 Å². The molecular weight excluding hydrogens is 373 g/mol. The van der Waals surface area contributed by atoms with Crippen LogP contribution in [-0.2, 0) is 0 Å². The van der Waals surface area contributed by atoms with Crippen molar-refractivity contribution in [2.45, 2.75) is 0 Å². The van der Waals surface area contributed by atoms with Gasteiger partial charge in [-0.05, 0) is 29.8 Å². The lowest BCUT2D eigenvalue weighted by Crippen LogP contribution is -1.97. The summed E-state index contributed by atoms with van der Waals surface area (Å²) < 4.78 is 25.3. The van der Waals surface area contributed by atoms with Crippen LogP contribution in [0, 0.1) is 29.5 Å². The fraction of sp³-hybridized carbons (Fsp3) is 0.105. The Kier molecular flexibility index (Phi) is 6.01. The molecule has 0 aliphatic rings. The number of nitriles is 1. The highest BCUT2D eigenvalue weighted by atomic mass is 79.9. The molecule has 0 fully saturated rings. The van der Waals surface area contributed by atoms with Crippen LogP contribution in [0.1, 0.15) is 11.1 Å². The smallest absolute Gasteiger partial charge is 0.163 e. The minimum absolute atomic E-state index is 0.108. The summed E-state index contributed by atoms with van der Waals surface area (Å²) >= 11 is 3.42. The van der Waals surface area contributed by atoms with Crippen molar-refractivity contribution in [2.24, 2.45) is 0 Å². The van der Waals surface area contributed by atoms with Crippen molar-refractivity contribution in [2.75, 3.05) is 13.7 Å². The molecule has 0 spiro atoms. The normalized spacial score (nSPS) is 10.6. The number of methoxy groups -OCH3 is 1. The van der Waals surface area contributed by atoms with E-state index in [0.717, 1.165) is 0 Å². The van der Waals surface area contributed by atoms with Crippen molar-refractivity contribution in [1.82, 2.24) is 0 Å². The molecule has 2 rings (SSSR count). The number of allylic oxidation sites excluding steroid dienone is 1. The number of benzene rings is 2. The van der Waals surface area contributed by atoms with E-state index >= 15 is 0 Å². The minimum atomic E-state index is -0.456. The third kappa shape index (κ3) is 3.95. The highest BCUT2D eigenvalue weighted by Crippen LogP contribution is 2.35. The summed E-state index contributed by atoms with van der Waals surface area (Å²) in [6, 6.07) is 11.5. The van der Waals surface area contributed by atoms with Gasteiger partial charge < -0.3 is 9.47 Å². The third-order valence-corrected chi connectivity index (χ3v) is 3.87. The first-order valence-corrected chi connectivity index (χ1v) is 7.70. The van der Waals surface area contributed by atoms with Gasteiger partial charge in [-0.1, -0.05) is 40.0 Å². The third-order valence-electron chi connectivity index (χ3n) is 3.18. The standard InChI is InChI=1S/C19H13BrFNO2/c1-3-8-24-19-11-16(20)13(10-18(19)23-2)9-14(12-22)15-6-4-5-7-17(15)21/h1,4-7,9-11H,8H2,2H3. The van der Waals surface area contributed by atoms with E-state index in [1.165, 1.54) is 13.2 Å². The summed E-state index contributed by atoms with van der Waals surface area (Å²) in [4.78, 5) is 0. The van der Waals surface area contributed by atoms with Gasteiger partial charge >= 0.3 is 0 Å². The Balaban J connectivity index is 2.50. The van der Waals surface area contributed by atoms with Crippen molar-refractivity contribution in [3.8, 4) is 29.9 Å². The molecule has 0 unspecified atom stereocenters. The molecule has 0 aliphatic heterocycles. The average Bonchev–Trinajstić information content (AvgIpc) is 2.59. The van der Waals surface area contributed by atoms with Crippen LogP contribution in [0.3, 0.4) is 0 Å². The Morgan fingerprint density at radius 2 is 2.08 bits per heavy atom. The summed E-state index contributed by atoms with van der Waals surface area (Å²) in [6.45, 7) is 0.108. The topological polar surface area (TPSA) is 42.2 Å². The first kappa shape index (κ1) is 17.6. The van der Waals surface area contributed by atoms with Gasteiger partial charge in [-0.2, -0.15) is 5.26 Å². The maximum Gasteiger partial charge on any atom is 0.163 e. The lowest BCUT2D eigenvalue weighted by molar-refractivity contribution is 0.330. The number of hydrogen-bond donors (Lipinski definition) is 0. The predicted molar refractivity (Wildman–Crippen MR) is 94.9 cm³/mol. The first-order chi connectivity index (χ1) is 11.6. The van der Waals surface area contributed by atoms with Crippen molar-refractivity contribution in [3.63, 3.8) is 0 Å². The van der Waals surface area contributed by atoms with Gasteiger partial charge in [0.15, 0.2) is 11.5 Å². The second-order valence-corrected chi connectivity index (χ2v) is 5.52. The van der Waals surface area contributed by atoms with Crippen molar-refractivity contribution in [1.29, 1.82) is 5.26 Å². The molecule has 2 aromatic rings. The molecule has 0 aromatic heterocycles. The van der Waals surface area contributed by atoms with Crippen LogP contribution in [0.2, 0.25) is 0 Å². The van der Waals surface area contributed by atoms with E-state index in [2.05, 4.69) is 21.9 Å². The number of terminal acetylenes is 1. The quantitative estimate of drug-likeness (QED) is 0.426. The molecule has 0 atom stereocenters. The molecule has 0 saturated heterocycles. The van der Waals surface area contributed by atoms with Crippen LogP contribution >= 0.6 is 15.9 Å². The molecule has 3 nitrogen and oxygen atoms in total. The Hall–Kier alpha value is -2.76. The first-order valence-electron chi connectivity index (χ1n) is 6.91. The van der Waals surface area contributed by atoms with Gasteiger partial charge in [0.2, 0.25) is 0 Å². The number of ether oxygens (including phenoxy) is 2. The fourth-order valence-corrected chi connectivity index (χ4v) is 2.50. The highest BCUT2D eigenvalue weighted by molar-refractivity contribution is 9.10. The second kappa shape index (κ2) is 8.19. The highest BCUT2D eigenvalue weighted by Gasteiger charge is 2.12. The monoisotopic (exact) mass is 385 g/mol. The maximum absolute atomic E-state index is 13.9. The molecule has 0 aliphatic carbocycles. The van der Waals surface area contributed by atoms with Gasteiger partial charge in [-0.25, -0.2) is 4.39 Å². The summed E-state index contributed by atoms with van der Waals surface area (Å²) in [5.41, 5.74) is 1.09. The van der Waals surface area contributed by atoms with E-state index < -0.39 is 5.82 Å². The number of nitrogens with zero attached hydrogens (tertiary/aromatic N) is 1. The summed E-state index contributed by atoms with van der Waals surface area (Å²) in [7, 11) is 1.50. The van der Waals surface area contributed by atoms with Gasteiger partial charge in [0.05, 0.1) is 18.8 Å². The van der Waals surface area contributed by atoms with Gasteiger partial charge in [-0.3, -0.25) is 0 Å². The molecular formula is C19H13BrFNO2. The zero-order chi connectivity index (χ0) is 17.5. The Labute approximate surface area is 148 Å². The van der Waals surface area contributed by atoms with E-state index in [1.54, 1.807) is 36.4 Å². The number of rotatable bonds is 5. The molecule has 24 heavy (non-hydrogen) atoms. The van der Waals surface area contributed by atoms with Crippen LogP contribution in [0.5, 0.6) is 11.5 Å². The Morgan fingerprint density at radius 1 is 1.33 bits per heavy atom. The largest absolute Gasteiger partial charge is 0.493 e. The van der Waals surface area contributed by atoms with Crippen LogP contribution < -0.4 is 9.47 Å². The molecule has 0 bridgehead atoms. The van der Waals surface area contributed by atoms with E-state index in [0.29, 0.717) is 21.5 Å². The van der Waals surface area contributed by atoms with E-state index in [1.807, 2.05) is 6.07 Å². The molecule has 0 N–H and O–H groups in total. The van der Waals surface area contributed by atoms with Crippen LogP contribution in [0.15, 0.2) is 40.9 Å². The van der Waals surface area contributed by atoms with E-state index in [4.69, 9.17) is 15.9 Å². The molecule has 2 aromatic carbocycles. The maximum atomic E-state index is 13.9. The van der Waals surface area contributed by atoms with Crippen LogP contribution in [0.4, 0.5) is 4.39 Å². The van der Waals surface area contributed by atoms with Gasteiger partial charge in [0.25, 0.3) is 0 Å². The lowest BCUT2D eigenvalue weighted by Gasteiger charge is -2.11. The molecule has 0 saturated carbocycles. The van der Waals surface area contributed by atoms with Crippen molar-refractivity contribution >= 4 is 27.6 Å². The molecule has 120 valence electrons.